The summed E-state index contributed by atoms with van der Waals surface area (Å²) in [5, 5.41) is 15.3. The van der Waals surface area contributed by atoms with Crippen LogP contribution in [-0.4, -0.2) is 31.5 Å². The summed E-state index contributed by atoms with van der Waals surface area (Å²) in [6, 6.07) is 11.5. The molecule has 34 heavy (non-hydrogen) atoms. The monoisotopic (exact) mass is 463 g/mol. The molecule has 0 radical (unpaired) electrons. The summed E-state index contributed by atoms with van der Waals surface area (Å²) in [6.45, 7) is 0.215. The quantitative estimate of drug-likeness (QED) is 0.367. The predicted molar refractivity (Wildman–Crippen MR) is 120 cm³/mol. The van der Waals surface area contributed by atoms with E-state index in [1.54, 1.807) is 41.2 Å². The van der Waals surface area contributed by atoms with E-state index < -0.39 is 23.5 Å². The van der Waals surface area contributed by atoms with Crippen molar-refractivity contribution in [2.75, 3.05) is 5.32 Å². The van der Waals surface area contributed by atoms with Gasteiger partial charge in [-0.25, -0.2) is 23.5 Å². The number of amides is 1. The summed E-state index contributed by atoms with van der Waals surface area (Å²) in [6.07, 6.45) is 6.23. The third-order valence-corrected chi connectivity index (χ3v) is 5.02. The number of anilines is 1. The Morgan fingerprint density at radius 3 is 2.47 bits per heavy atom. The maximum absolute atomic E-state index is 13.4. The van der Waals surface area contributed by atoms with Gasteiger partial charge in [-0.15, -0.1) is 0 Å². The van der Waals surface area contributed by atoms with E-state index in [0.717, 1.165) is 12.1 Å². The summed E-state index contributed by atoms with van der Waals surface area (Å²) in [7, 11) is 0. The maximum atomic E-state index is 13.4. The van der Waals surface area contributed by atoms with E-state index >= 15 is 0 Å². The molecule has 3 N–H and O–H groups in total. The van der Waals surface area contributed by atoms with Crippen LogP contribution in [0.4, 0.5) is 14.6 Å². The molecule has 1 amide bonds. The van der Waals surface area contributed by atoms with Crippen LogP contribution in [0.1, 0.15) is 31.8 Å². The minimum atomic E-state index is -1.08. The molecule has 2 aromatic carbocycles. The van der Waals surface area contributed by atoms with Crippen LogP contribution < -0.4 is 10.6 Å². The number of nitrogens with zero attached hydrogens (tertiary/aromatic N) is 3. The predicted octanol–water partition coefficient (Wildman–Crippen LogP) is 3.79. The van der Waals surface area contributed by atoms with E-state index in [1.807, 2.05) is 0 Å². The number of pyridine rings is 1. The van der Waals surface area contributed by atoms with Crippen LogP contribution in [0.25, 0.3) is 5.69 Å². The molecule has 0 aliphatic heterocycles. The molecule has 0 spiro atoms. The van der Waals surface area contributed by atoms with Gasteiger partial charge in [0.1, 0.15) is 5.82 Å². The molecule has 10 heteroatoms. The van der Waals surface area contributed by atoms with E-state index in [2.05, 4.69) is 20.6 Å². The van der Waals surface area contributed by atoms with Crippen molar-refractivity contribution in [2.45, 2.75) is 13.1 Å². The Labute approximate surface area is 192 Å². The molecule has 0 saturated carbocycles. The molecule has 0 aliphatic rings. The third-order valence-electron chi connectivity index (χ3n) is 5.02. The number of nitrogens with one attached hydrogen (secondary N) is 2. The number of hydrogen-bond acceptors (Lipinski definition) is 5. The van der Waals surface area contributed by atoms with Crippen molar-refractivity contribution in [3.05, 3.63) is 107 Å². The topological polar surface area (TPSA) is 109 Å². The van der Waals surface area contributed by atoms with Gasteiger partial charge in [-0.05, 0) is 47.5 Å². The molecule has 0 aliphatic carbocycles. The summed E-state index contributed by atoms with van der Waals surface area (Å²) in [4.78, 5) is 32.6. The number of carbonyl (C=O) groups is 2. The lowest BCUT2D eigenvalue weighted by atomic mass is 10.1. The van der Waals surface area contributed by atoms with Crippen molar-refractivity contribution < 1.29 is 23.5 Å². The molecule has 8 nitrogen and oxygen atoms in total. The first-order valence-corrected chi connectivity index (χ1v) is 10.2. The fourth-order valence-corrected chi connectivity index (χ4v) is 3.33. The van der Waals surface area contributed by atoms with Crippen molar-refractivity contribution in [3.8, 4) is 5.69 Å². The highest BCUT2D eigenvalue weighted by Gasteiger charge is 2.15. The van der Waals surface area contributed by atoms with Gasteiger partial charge < -0.3 is 20.3 Å². The Morgan fingerprint density at radius 2 is 1.74 bits per heavy atom. The highest BCUT2D eigenvalue weighted by atomic mass is 19.2. The van der Waals surface area contributed by atoms with E-state index in [-0.39, 0.29) is 24.2 Å². The second-order valence-electron chi connectivity index (χ2n) is 7.31. The average Bonchev–Trinajstić information content (AvgIpc) is 3.38. The standard InChI is InChI=1S/C24H19F2N5O3/c25-19-5-3-16(11-20(19)26)13-30-23(32)17-2-1-7-28-22(17)29-12-15-4-6-21(18(10-15)24(33)34)31-9-8-27-14-31/h1-11,14H,12-13H2,(H,28,29)(H,30,32)(H,33,34). The minimum Gasteiger partial charge on any atom is -0.478 e. The molecular formula is C24H19F2N5O3. The summed E-state index contributed by atoms with van der Waals surface area (Å²) in [5.41, 5.74) is 1.90. The molecule has 172 valence electrons. The molecule has 4 aromatic rings. The molecule has 2 aromatic heterocycles. The van der Waals surface area contributed by atoms with Crippen LogP contribution >= 0.6 is 0 Å². The van der Waals surface area contributed by atoms with E-state index in [9.17, 15) is 23.5 Å². The van der Waals surface area contributed by atoms with Crippen molar-refractivity contribution >= 4 is 17.7 Å². The van der Waals surface area contributed by atoms with Gasteiger partial charge in [-0.1, -0.05) is 12.1 Å². The lowest BCUT2D eigenvalue weighted by molar-refractivity contribution is 0.0696. The van der Waals surface area contributed by atoms with Crippen LogP contribution in [0.3, 0.4) is 0 Å². The Kier molecular flexibility index (Phi) is 6.58. The Balaban J connectivity index is 1.47. The first-order valence-electron chi connectivity index (χ1n) is 10.2. The summed E-state index contributed by atoms with van der Waals surface area (Å²) in [5.74, 6) is -3.20. The van der Waals surface area contributed by atoms with Gasteiger partial charge in [0.15, 0.2) is 11.6 Å². The molecular weight excluding hydrogens is 444 g/mol. The Morgan fingerprint density at radius 1 is 0.941 bits per heavy atom. The first kappa shape index (κ1) is 22.6. The lowest BCUT2D eigenvalue weighted by Gasteiger charge is -2.13. The second-order valence-corrected chi connectivity index (χ2v) is 7.31. The second kappa shape index (κ2) is 9.90. The van der Waals surface area contributed by atoms with Gasteiger partial charge in [0.2, 0.25) is 0 Å². The SMILES string of the molecule is O=C(O)c1cc(CNc2ncccc2C(=O)NCc2ccc(F)c(F)c2)ccc1-n1ccnc1. The number of aromatic nitrogens is 3. The van der Waals surface area contributed by atoms with Gasteiger partial charge in [0.05, 0.1) is 23.1 Å². The van der Waals surface area contributed by atoms with Crippen LogP contribution in [0.2, 0.25) is 0 Å². The molecule has 0 fully saturated rings. The number of imidazole rings is 1. The van der Waals surface area contributed by atoms with E-state index in [1.165, 1.54) is 24.7 Å². The van der Waals surface area contributed by atoms with Crippen molar-refractivity contribution in [1.82, 2.24) is 19.9 Å². The third kappa shape index (κ3) is 5.07. The first-order chi connectivity index (χ1) is 16.4. The van der Waals surface area contributed by atoms with Crippen molar-refractivity contribution in [3.63, 3.8) is 0 Å². The van der Waals surface area contributed by atoms with Crippen LogP contribution in [-0.2, 0) is 13.1 Å². The molecule has 0 unspecified atom stereocenters. The van der Waals surface area contributed by atoms with Gasteiger partial charge in [0.25, 0.3) is 5.91 Å². The zero-order chi connectivity index (χ0) is 24.1. The number of carbonyl (C=O) groups excluding carboxylic acids is 1. The zero-order valence-corrected chi connectivity index (χ0v) is 17.7. The normalized spacial score (nSPS) is 10.6. The van der Waals surface area contributed by atoms with Gasteiger partial charge in [0, 0.05) is 31.7 Å². The highest BCUT2D eigenvalue weighted by molar-refractivity contribution is 5.98. The average molecular weight is 463 g/mol. The number of aromatic carboxylic acids is 1. The lowest BCUT2D eigenvalue weighted by Crippen LogP contribution is -2.24. The summed E-state index contributed by atoms with van der Waals surface area (Å²) >= 11 is 0. The minimum absolute atomic E-state index is 0.00203. The smallest absolute Gasteiger partial charge is 0.337 e. The van der Waals surface area contributed by atoms with E-state index in [4.69, 9.17) is 0 Å². The van der Waals surface area contributed by atoms with Crippen molar-refractivity contribution in [2.24, 2.45) is 0 Å². The van der Waals surface area contributed by atoms with Crippen molar-refractivity contribution in [1.29, 1.82) is 0 Å². The van der Waals surface area contributed by atoms with E-state index in [0.29, 0.717) is 22.6 Å². The molecule has 2 heterocycles. The van der Waals surface area contributed by atoms with Gasteiger partial charge in [-0.2, -0.15) is 0 Å². The van der Waals surface area contributed by atoms with Crippen LogP contribution in [0.15, 0.2) is 73.4 Å². The zero-order valence-electron chi connectivity index (χ0n) is 17.7. The van der Waals surface area contributed by atoms with Gasteiger partial charge >= 0.3 is 5.97 Å². The Hall–Kier alpha value is -4.60. The van der Waals surface area contributed by atoms with Crippen LogP contribution in [0.5, 0.6) is 0 Å². The number of benzene rings is 2. The molecule has 0 atom stereocenters. The number of rotatable bonds is 8. The number of halogens is 2. The largest absolute Gasteiger partial charge is 0.478 e. The summed E-state index contributed by atoms with van der Waals surface area (Å²) < 4.78 is 28.1. The van der Waals surface area contributed by atoms with Gasteiger partial charge in [-0.3, -0.25) is 4.79 Å². The number of carboxylic acid groups (broad SMARTS) is 1. The Bertz CT molecular complexity index is 1340. The maximum Gasteiger partial charge on any atom is 0.337 e. The number of carboxylic acids is 1. The molecule has 4 rings (SSSR count). The fraction of sp³-hybridized carbons (Fsp3) is 0.0833. The molecule has 0 bridgehead atoms. The number of hydrogen-bond donors (Lipinski definition) is 3. The highest BCUT2D eigenvalue weighted by Crippen LogP contribution is 2.19. The fourth-order valence-electron chi connectivity index (χ4n) is 3.33. The van der Waals surface area contributed by atoms with Crippen LogP contribution in [0, 0.1) is 11.6 Å². The molecule has 0 saturated heterocycles.